The van der Waals surface area contributed by atoms with Crippen LogP contribution in [0.2, 0.25) is 0 Å². The lowest BCUT2D eigenvalue weighted by atomic mass is 9.95. The van der Waals surface area contributed by atoms with E-state index < -0.39 is 17.7 Å². The maximum Gasteiger partial charge on any atom is 0.330 e. The number of benzene rings is 4. The summed E-state index contributed by atoms with van der Waals surface area (Å²) in [6.07, 6.45) is 2.75. The number of aliphatic hydroxyl groups is 1. The average molecular weight is 470 g/mol. The smallest absolute Gasteiger partial charge is 0.330 e. The second kappa shape index (κ2) is 10.8. The fraction of sp³-hybridized carbons (Fsp3) is 0.103. The quantitative estimate of drug-likeness (QED) is 0.258. The Kier molecular flexibility index (Phi) is 7.33. The lowest BCUT2D eigenvalue weighted by molar-refractivity contribution is -0.137. The van der Waals surface area contributed by atoms with Crippen LogP contribution in [0.1, 0.15) is 28.4 Å². The predicted octanol–water partition coefficient (Wildman–Crippen LogP) is 5.97. The van der Waals surface area contributed by atoms with Crippen molar-refractivity contribution >= 4 is 34.4 Å². The SMILES string of the molecule is CCOC(=O)/C=C/c1ccc(F)c(NC(=O)c2cc(-c3cccc(CO)c3)cc3ccccc23)c1. The molecule has 4 aromatic carbocycles. The van der Waals surface area contributed by atoms with Crippen LogP contribution in [0.3, 0.4) is 0 Å². The third kappa shape index (κ3) is 5.62. The molecule has 4 aromatic rings. The molecular formula is C29H24FNO4. The highest BCUT2D eigenvalue weighted by atomic mass is 19.1. The van der Waals surface area contributed by atoms with Crippen molar-refractivity contribution in [3.8, 4) is 11.1 Å². The number of esters is 1. The molecule has 2 N–H and O–H groups in total. The highest BCUT2D eigenvalue weighted by Gasteiger charge is 2.15. The Balaban J connectivity index is 1.70. The van der Waals surface area contributed by atoms with Gasteiger partial charge in [0.25, 0.3) is 5.91 Å². The standard InChI is InChI=1S/C29H24FNO4/c1-2-35-28(33)13-11-19-10-12-26(30)27(15-19)31-29(34)25-17-23(16-22-7-3-4-9-24(22)25)21-8-5-6-20(14-21)18-32/h3-17,32H,2,18H2,1H3,(H,31,34)/b13-11+. The van der Waals surface area contributed by atoms with E-state index in [-0.39, 0.29) is 18.9 Å². The number of amides is 1. The first kappa shape index (κ1) is 23.9. The number of fused-ring (bicyclic) bond motifs is 1. The van der Waals surface area contributed by atoms with Crippen LogP contribution in [0.5, 0.6) is 0 Å². The van der Waals surface area contributed by atoms with Crippen molar-refractivity contribution in [2.45, 2.75) is 13.5 Å². The van der Waals surface area contributed by atoms with Crippen LogP contribution in [0, 0.1) is 5.82 Å². The van der Waals surface area contributed by atoms with Crippen LogP contribution in [0.15, 0.2) is 84.9 Å². The minimum atomic E-state index is -0.595. The molecule has 0 bridgehead atoms. The highest BCUT2D eigenvalue weighted by Crippen LogP contribution is 2.29. The largest absolute Gasteiger partial charge is 0.463 e. The number of anilines is 1. The van der Waals surface area contributed by atoms with Crippen LogP contribution < -0.4 is 5.32 Å². The highest BCUT2D eigenvalue weighted by molar-refractivity contribution is 6.14. The van der Waals surface area contributed by atoms with E-state index in [9.17, 15) is 19.1 Å². The molecule has 1 amide bonds. The molecule has 0 aromatic heterocycles. The molecule has 0 spiro atoms. The van der Waals surface area contributed by atoms with Crippen molar-refractivity contribution in [3.63, 3.8) is 0 Å². The summed E-state index contributed by atoms with van der Waals surface area (Å²) < 4.78 is 19.4. The second-order valence-corrected chi connectivity index (χ2v) is 7.88. The van der Waals surface area contributed by atoms with Crippen molar-refractivity contribution in [1.82, 2.24) is 0 Å². The molecule has 0 atom stereocenters. The normalized spacial score (nSPS) is 11.1. The van der Waals surface area contributed by atoms with Crippen molar-refractivity contribution < 1.29 is 23.8 Å². The van der Waals surface area contributed by atoms with E-state index in [1.54, 1.807) is 13.0 Å². The molecule has 0 aliphatic carbocycles. The number of hydrogen-bond donors (Lipinski definition) is 2. The zero-order valence-electron chi connectivity index (χ0n) is 19.1. The molecule has 0 saturated heterocycles. The van der Waals surface area contributed by atoms with Gasteiger partial charge in [0.05, 0.1) is 18.9 Å². The summed E-state index contributed by atoms with van der Waals surface area (Å²) in [7, 11) is 0. The molecule has 0 saturated carbocycles. The van der Waals surface area contributed by atoms with Crippen molar-refractivity contribution in [2.75, 3.05) is 11.9 Å². The van der Waals surface area contributed by atoms with Crippen LogP contribution in [-0.2, 0) is 16.1 Å². The van der Waals surface area contributed by atoms with E-state index in [2.05, 4.69) is 5.32 Å². The van der Waals surface area contributed by atoms with Gasteiger partial charge in [-0.3, -0.25) is 4.79 Å². The zero-order valence-corrected chi connectivity index (χ0v) is 19.1. The number of halogens is 1. The molecule has 35 heavy (non-hydrogen) atoms. The lowest BCUT2D eigenvalue weighted by Gasteiger charge is -2.13. The first-order valence-electron chi connectivity index (χ1n) is 11.2. The average Bonchev–Trinajstić information content (AvgIpc) is 2.88. The van der Waals surface area contributed by atoms with Gasteiger partial charge in [0.2, 0.25) is 0 Å². The van der Waals surface area contributed by atoms with Crippen LogP contribution in [-0.4, -0.2) is 23.6 Å². The van der Waals surface area contributed by atoms with Gasteiger partial charge in [0.15, 0.2) is 0 Å². The Labute approximate surface area is 202 Å². The maximum absolute atomic E-state index is 14.6. The molecule has 5 nitrogen and oxygen atoms in total. The zero-order chi connectivity index (χ0) is 24.8. The Morgan fingerprint density at radius 3 is 2.60 bits per heavy atom. The van der Waals surface area contributed by atoms with Gasteiger partial charge in [-0.05, 0) is 76.4 Å². The van der Waals surface area contributed by atoms with Crippen LogP contribution in [0.25, 0.3) is 28.0 Å². The summed E-state index contributed by atoms with van der Waals surface area (Å²) in [5.41, 5.74) is 3.34. The Hall–Kier alpha value is -4.29. The van der Waals surface area contributed by atoms with Gasteiger partial charge in [-0.1, -0.05) is 48.5 Å². The molecule has 0 aliphatic heterocycles. The minimum Gasteiger partial charge on any atom is -0.463 e. The Bertz CT molecular complexity index is 1430. The van der Waals surface area contributed by atoms with Crippen LogP contribution >= 0.6 is 0 Å². The van der Waals surface area contributed by atoms with Crippen molar-refractivity contribution in [2.24, 2.45) is 0 Å². The maximum atomic E-state index is 14.6. The van der Waals surface area contributed by atoms with Gasteiger partial charge in [-0.15, -0.1) is 0 Å². The van der Waals surface area contributed by atoms with Gasteiger partial charge in [-0.25, -0.2) is 9.18 Å². The molecular weight excluding hydrogens is 445 g/mol. The van der Waals surface area contributed by atoms with Crippen LogP contribution in [0.4, 0.5) is 10.1 Å². The van der Waals surface area contributed by atoms with E-state index in [1.807, 2.05) is 54.6 Å². The van der Waals surface area contributed by atoms with Crippen molar-refractivity contribution in [3.05, 3.63) is 107 Å². The first-order valence-corrected chi connectivity index (χ1v) is 11.2. The lowest BCUT2D eigenvalue weighted by Crippen LogP contribution is -2.14. The van der Waals surface area contributed by atoms with E-state index in [1.165, 1.54) is 30.4 Å². The first-order chi connectivity index (χ1) is 17.0. The molecule has 0 unspecified atom stereocenters. The molecule has 0 heterocycles. The molecule has 0 radical (unpaired) electrons. The summed E-state index contributed by atoms with van der Waals surface area (Å²) in [6.45, 7) is 1.87. The van der Waals surface area contributed by atoms with Gasteiger partial charge in [0.1, 0.15) is 5.82 Å². The summed E-state index contributed by atoms with van der Waals surface area (Å²) in [6, 6.07) is 22.9. The monoisotopic (exact) mass is 469 g/mol. The number of rotatable bonds is 7. The molecule has 6 heteroatoms. The molecule has 0 fully saturated rings. The van der Waals surface area contributed by atoms with Gasteiger partial charge >= 0.3 is 5.97 Å². The number of hydrogen-bond acceptors (Lipinski definition) is 4. The van der Waals surface area contributed by atoms with Gasteiger partial charge < -0.3 is 15.2 Å². The Morgan fingerprint density at radius 2 is 1.80 bits per heavy atom. The van der Waals surface area contributed by atoms with Gasteiger partial charge in [-0.2, -0.15) is 0 Å². The summed E-state index contributed by atoms with van der Waals surface area (Å²) in [5.74, 6) is -1.56. The number of carbonyl (C=O) groups excluding carboxylic acids is 2. The number of carbonyl (C=O) groups is 2. The Morgan fingerprint density at radius 1 is 0.971 bits per heavy atom. The van der Waals surface area contributed by atoms with E-state index in [0.29, 0.717) is 11.1 Å². The van der Waals surface area contributed by atoms with E-state index in [0.717, 1.165) is 27.5 Å². The predicted molar refractivity (Wildman–Crippen MR) is 135 cm³/mol. The van der Waals surface area contributed by atoms with Crippen molar-refractivity contribution in [1.29, 1.82) is 0 Å². The summed E-state index contributed by atoms with van der Waals surface area (Å²) in [5, 5.41) is 13.8. The molecule has 0 aliphatic rings. The number of aliphatic hydroxyl groups excluding tert-OH is 1. The summed E-state index contributed by atoms with van der Waals surface area (Å²) in [4.78, 5) is 24.9. The third-order valence-electron chi connectivity index (χ3n) is 5.49. The van der Waals surface area contributed by atoms with Gasteiger partial charge in [0, 0.05) is 11.6 Å². The minimum absolute atomic E-state index is 0.00206. The van der Waals surface area contributed by atoms with E-state index in [4.69, 9.17) is 4.74 Å². The molecule has 4 rings (SSSR count). The number of nitrogens with one attached hydrogen (secondary N) is 1. The van der Waals surface area contributed by atoms with E-state index >= 15 is 0 Å². The topological polar surface area (TPSA) is 75.6 Å². The summed E-state index contributed by atoms with van der Waals surface area (Å²) >= 11 is 0. The second-order valence-electron chi connectivity index (χ2n) is 7.88. The molecule has 176 valence electrons. The third-order valence-corrected chi connectivity index (χ3v) is 5.49. The fourth-order valence-electron chi connectivity index (χ4n) is 3.80. The fourth-order valence-corrected chi connectivity index (χ4v) is 3.80. The number of ether oxygens (including phenoxy) is 1.